The van der Waals surface area contributed by atoms with Crippen molar-refractivity contribution in [1.82, 2.24) is 0 Å². The van der Waals surface area contributed by atoms with Crippen LogP contribution in [0.2, 0.25) is 0 Å². The van der Waals surface area contributed by atoms with Crippen LogP contribution in [0.4, 0.5) is 0 Å². The minimum absolute atomic E-state index is 0.247. The topological polar surface area (TPSA) is 70.8 Å². The zero-order valence-electron chi connectivity index (χ0n) is 11.6. The predicted molar refractivity (Wildman–Crippen MR) is 78.6 cm³/mol. The number of esters is 1. The third-order valence-corrected chi connectivity index (χ3v) is 2.71. The van der Waals surface area contributed by atoms with E-state index in [2.05, 4.69) is 19.2 Å². The van der Waals surface area contributed by atoms with Crippen LogP contribution in [0.15, 0.2) is 35.7 Å². The highest BCUT2D eigenvalue weighted by molar-refractivity contribution is 7.80. The van der Waals surface area contributed by atoms with E-state index in [1.807, 2.05) is 0 Å². The summed E-state index contributed by atoms with van der Waals surface area (Å²) in [4.78, 5) is 12.0. The zero-order chi connectivity index (χ0) is 15.2. The molecule has 0 saturated heterocycles. The number of nitrogens with two attached hydrogens (primary N) is 1. The van der Waals surface area contributed by atoms with Crippen molar-refractivity contribution in [3.8, 4) is 5.75 Å². The molecule has 0 radical (unpaired) electrons. The maximum Gasteiger partial charge on any atom is 0.335 e. The molecule has 0 spiro atoms. The van der Waals surface area contributed by atoms with Crippen molar-refractivity contribution >= 4 is 18.6 Å². The summed E-state index contributed by atoms with van der Waals surface area (Å²) in [5, 5.41) is 0. The molecule has 0 fully saturated rings. The van der Waals surface area contributed by atoms with E-state index < -0.39 is 11.9 Å². The Labute approximate surface area is 124 Å². The lowest BCUT2D eigenvalue weighted by molar-refractivity contribution is -0.239. The van der Waals surface area contributed by atoms with Crippen LogP contribution in [0.5, 0.6) is 5.75 Å². The fourth-order valence-electron chi connectivity index (χ4n) is 1.66. The quantitative estimate of drug-likeness (QED) is 0.265. The third-order valence-electron chi connectivity index (χ3n) is 2.43. The summed E-state index contributed by atoms with van der Waals surface area (Å²) in [7, 11) is 0. The van der Waals surface area contributed by atoms with Gasteiger partial charge in [-0.15, -0.1) is 12.6 Å². The molecule has 0 atom stereocenters. The van der Waals surface area contributed by atoms with Gasteiger partial charge in [0.05, 0.1) is 5.56 Å². The number of hydrogen-bond donors (Lipinski definition) is 2. The van der Waals surface area contributed by atoms with Gasteiger partial charge in [0.2, 0.25) is 0 Å². The van der Waals surface area contributed by atoms with E-state index in [1.165, 1.54) is 0 Å². The molecule has 0 aromatic heterocycles. The van der Waals surface area contributed by atoms with E-state index in [-0.39, 0.29) is 5.75 Å². The van der Waals surface area contributed by atoms with Crippen molar-refractivity contribution < 1.29 is 19.0 Å². The van der Waals surface area contributed by atoms with E-state index in [1.54, 1.807) is 32.0 Å². The molecule has 1 rings (SSSR count). The molecule has 6 heteroatoms. The van der Waals surface area contributed by atoms with Crippen molar-refractivity contribution in [2.45, 2.75) is 24.7 Å². The van der Waals surface area contributed by atoms with Crippen LogP contribution in [-0.4, -0.2) is 19.2 Å². The molecule has 0 aliphatic carbocycles. The summed E-state index contributed by atoms with van der Waals surface area (Å²) in [6.45, 7) is 7.61. The zero-order valence-corrected chi connectivity index (χ0v) is 12.5. The van der Waals surface area contributed by atoms with Crippen LogP contribution in [-0.2, 0) is 20.2 Å². The lowest BCUT2D eigenvalue weighted by Crippen LogP contribution is -2.43. The summed E-state index contributed by atoms with van der Waals surface area (Å²) in [6, 6.07) is 4.90. The molecule has 0 saturated carbocycles. The Hall–Kier alpha value is -1.34. The number of carbonyl (C=O) groups is 1. The number of ether oxygens (including phenoxy) is 3. The van der Waals surface area contributed by atoms with E-state index in [9.17, 15) is 4.79 Å². The molecular weight excluding hydrogens is 278 g/mol. The molecule has 5 nitrogen and oxygen atoms in total. The predicted octanol–water partition coefficient (Wildman–Crippen LogP) is 2.21. The summed E-state index contributed by atoms with van der Waals surface area (Å²) in [5.74, 6) is -1.84. The molecular formula is C14H19NO4S. The van der Waals surface area contributed by atoms with Gasteiger partial charge >= 0.3 is 5.97 Å². The Balaban J connectivity index is 3.27. The van der Waals surface area contributed by atoms with Gasteiger partial charge in [0.15, 0.2) is 0 Å². The summed E-state index contributed by atoms with van der Waals surface area (Å²) in [6.07, 6.45) is 1.07. The maximum atomic E-state index is 11.4. The number of carbonyl (C=O) groups excluding carboxylic acids is 1. The number of hydrogen-bond acceptors (Lipinski definition) is 6. The second kappa shape index (κ2) is 7.44. The highest BCUT2D eigenvalue weighted by Gasteiger charge is 2.33. The average molecular weight is 297 g/mol. The van der Waals surface area contributed by atoms with Gasteiger partial charge in [0, 0.05) is 24.2 Å². The van der Waals surface area contributed by atoms with Crippen LogP contribution >= 0.6 is 12.6 Å². The van der Waals surface area contributed by atoms with Crippen LogP contribution in [0, 0.1) is 0 Å². The van der Waals surface area contributed by atoms with Gasteiger partial charge in [-0.25, -0.2) is 4.79 Å². The molecule has 110 valence electrons. The van der Waals surface area contributed by atoms with Crippen molar-refractivity contribution in [3.63, 3.8) is 0 Å². The first-order valence-corrected chi connectivity index (χ1v) is 6.66. The van der Waals surface area contributed by atoms with Gasteiger partial charge in [-0.05, 0) is 32.0 Å². The Morgan fingerprint density at radius 1 is 1.40 bits per heavy atom. The van der Waals surface area contributed by atoms with Crippen molar-refractivity contribution in [3.05, 3.63) is 36.4 Å². The fourth-order valence-corrected chi connectivity index (χ4v) is 1.86. The minimum Gasteiger partial charge on any atom is -0.423 e. The number of thiol groups is 1. The van der Waals surface area contributed by atoms with E-state index in [4.69, 9.17) is 19.9 Å². The first-order chi connectivity index (χ1) is 9.46. The third kappa shape index (κ3) is 4.08. The molecule has 0 unspecified atom stereocenters. The molecule has 0 aliphatic rings. The van der Waals surface area contributed by atoms with Gasteiger partial charge < -0.3 is 14.2 Å². The molecule has 0 amide bonds. The summed E-state index contributed by atoms with van der Waals surface area (Å²) >= 11 is 4.26. The highest BCUT2D eigenvalue weighted by atomic mass is 32.1. The van der Waals surface area contributed by atoms with E-state index in [0.29, 0.717) is 23.7 Å². The second-order valence-corrected chi connectivity index (χ2v) is 4.36. The Morgan fingerprint density at radius 3 is 2.50 bits per heavy atom. The van der Waals surface area contributed by atoms with Crippen molar-refractivity contribution in [2.24, 2.45) is 5.73 Å². The van der Waals surface area contributed by atoms with Crippen LogP contribution < -0.4 is 10.5 Å². The summed E-state index contributed by atoms with van der Waals surface area (Å²) in [5.41, 5.74) is 6.52. The van der Waals surface area contributed by atoms with Crippen LogP contribution in [0.3, 0.4) is 0 Å². The van der Waals surface area contributed by atoms with Gasteiger partial charge in [-0.2, -0.15) is 0 Å². The standard InChI is InChI=1S/C14H19NO4S/c1-4-13(16)19-12-8-7-10(20)9-11(12)14(15,17-5-2)18-6-3/h4,7-9,20H,1,5-6,15H2,2-3H3. The number of benzene rings is 1. The maximum absolute atomic E-state index is 11.4. The van der Waals surface area contributed by atoms with Crippen molar-refractivity contribution in [2.75, 3.05) is 13.2 Å². The van der Waals surface area contributed by atoms with Crippen LogP contribution in [0.1, 0.15) is 19.4 Å². The highest BCUT2D eigenvalue weighted by Crippen LogP contribution is 2.32. The SMILES string of the molecule is C=CC(=O)Oc1ccc(S)cc1C(N)(OCC)OCC. The summed E-state index contributed by atoms with van der Waals surface area (Å²) < 4.78 is 16.1. The Bertz CT molecular complexity index is 484. The largest absolute Gasteiger partial charge is 0.423 e. The van der Waals surface area contributed by atoms with Gasteiger partial charge in [0.25, 0.3) is 5.91 Å². The first kappa shape index (κ1) is 16.7. The Kier molecular flexibility index (Phi) is 6.22. The Morgan fingerprint density at radius 2 is 2.00 bits per heavy atom. The smallest absolute Gasteiger partial charge is 0.335 e. The lowest BCUT2D eigenvalue weighted by atomic mass is 10.1. The second-order valence-electron chi connectivity index (χ2n) is 3.84. The molecule has 1 aromatic rings. The van der Waals surface area contributed by atoms with Gasteiger partial charge in [-0.3, -0.25) is 5.73 Å². The minimum atomic E-state index is -1.50. The van der Waals surface area contributed by atoms with E-state index >= 15 is 0 Å². The van der Waals surface area contributed by atoms with Gasteiger partial charge in [0.1, 0.15) is 5.75 Å². The van der Waals surface area contributed by atoms with Crippen molar-refractivity contribution in [1.29, 1.82) is 0 Å². The molecule has 0 heterocycles. The molecule has 0 aliphatic heterocycles. The first-order valence-electron chi connectivity index (χ1n) is 6.21. The molecule has 0 bridgehead atoms. The number of rotatable bonds is 7. The monoisotopic (exact) mass is 297 g/mol. The average Bonchev–Trinajstić information content (AvgIpc) is 2.41. The van der Waals surface area contributed by atoms with Gasteiger partial charge in [-0.1, -0.05) is 6.58 Å². The van der Waals surface area contributed by atoms with Crippen LogP contribution in [0.25, 0.3) is 0 Å². The lowest BCUT2D eigenvalue weighted by Gasteiger charge is -2.30. The fraction of sp³-hybridized carbons (Fsp3) is 0.357. The molecule has 2 N–H and O–H groups in total. The molecule has 1 aromatic carbocycles. The molecule has 20 heavy (non-hydrogen) atoms. The van der Waals surface area contributed by atoms with E-state index in [0.717, 1.165) is 6.08 Å². The normalized spacial score (nSPS) is 11.2.